The predicted molar refractivity (Wildman–Crippen MR) is 154 cm³/mol. The number of aromatic carboxylic acids is 1. The number of hydrogen-bond donors (Lipinski definition) is 4. The van der Waals surface area contributed by atoms with E-state index in [4.69, 9.17) is 16.7 Å². The number of halogens is 2. The highest BCUT2D eigenvalue weighted by molar-refractivity contribution is 7.92. The minimum atomic E-state index is -3.96. The summed E-state index contributed by atoms with van der Waals surface area (Å²) in [5.74, 6) is -2.36. The van der Waals surface area contributed by atoms with Gasteiger partial charge in [0.15, 0.2) is 0 Å². The van der Waals surface area contributed by atoms with Gasteiger partial charge in [-0.3, -0.25) is 9.52 Å². The van der Waals surface area contributed by atoms with Crippen molar-refractivity contribution in [2.75, 3.05) is 23.6 Å². The Hall–Kier alpha value is -4.00. The van der Waals surface area contributed by atoms with Gasteiger partial charge >= 0.3 is 5.97 Å². The largest absolute Gasteiger partial charge is 0.478 e. The third-order valence-electron chi connectivity index (χ3n) is 6.13. The molecule has 0 spiro atoms. The minimum absolute atomic E-state index is 0.0151. The zero-order valence-corrected chi connectivity index (χ0v) is 23.8. The predicted octanol–water partition coefficient (Wildman–Crippen LogP) is 4.67. The van der Waals surface area contributed by atoms with Crippen molar-refractivity contribution in [3.8, 4) is 22.4 Å². The van der Waals surface area contributed by atoms with Gasteiger partial charge in [0.2, 0.25) is 10.0 Å². The van der Waals surface area contributed by atoms with Crippen molar-refractivity contribution in [1.29, 1.82) is 0 Å². The molecule has 2 aromatic carbocycles. The van der Waals surface area contributed by atoms with E-state index >= 15 is 0 Å². The number of hydrogen-bond acceptors (Lipinski definition) is 6. The van der Waals surface area contributed by atoms with Crippen LogP contribution in [0.4, 0.5) is 10.1 Å². The third kappa shape index (κ3) is 6.84. The van der Waals surface area contributed by atoms with Crippen molar-refractivity contribution in [1.82, 2.24) is 14.9 Å². The van der Waals surface area contributed by atoms with Crippen molar-refractivity contribution in [2.45, 2.75) is 20.3 Å². The van der Waals surface area contributed by atoms with E-state index in [9.17, 15) is 27.5 Å². The Balaban J connectivity index is 1.96. The fourth-order valence-corrected chi connectivity index (χ4v) is 5.49. The van der Waals surface area contributed by atoms with Crippen LogP contribution in [0.15, 0.2) is 54.7 Å². The number of sulfonamides is 1. The molecule has 2 heterocycles. The second-order valence-electron chi connectivity index (χ2n) is 9.76. The molecule has 0 aliphatic carbocycles. The number of fused-ring (bicyclic) bond motifs is 1. The first kappa shape index (κ1) is 30.0. The lowest BCUT2D eigenvalue weighted by Crippen LogP contribution is -2.27. The van der Waals surface area contributed by atoms with Crippen LogP contribution in [0.5, 0.6) is 0 Å². The molecule has 0 aliphatic rings. The highest BCUT2D eigenvalue weighted by Gasteiger charge is 2.25. The fraction of sp³-hybridized carbons (Fsp3) is 0.250. The summed E-state index contributed by atoms with van der Waals surface area (Å²) < 4.78 is 42.9. The maximum atomic E-state index is 13.6. The van der Waals surface area contributed by atoms with Gasteiger partial charge in [-0.1, -0.05) is 25.4 Å². The zero-order valence-electron chi connectivity index (χ0n) is 22.2. The van der Waals surface area contributed by atoms with Gasteiger partial charge in [-0.25, -0.2) is 22.1 Å². The first-order valence-electron chi connectivity index (χ1n) is 12.6. The Morgan fingerprint density at radius 2 is 1.80 bits per heavy atom. The van der Waals surface area contributed by atoms with Crippen LogP contribution in [0.2, 0.25) is 5.02 Å². The maximum Gasteiger partial charge on any atom is 0.340 e. The number of carboxylic acid groups (broad SMARTS) is 1. The number of amides is 1. The number of carbonyl (C=O) groups excluding carboxylic acids is 1. The van der Waals surface area contributed by atoms with Crippen LogP contribution in [0.1, 0.15) is 41.0 Å². The number of aromatic nitrogens is 2. The third-order valence-corrected chi connectivity index (χ3v) is 7.81. The van der Waals surface area contributed by atoms with Crippen molar-refractivity contribution in [3.63, 3.8) is 0 Å². The van der Waals surface area contributed by atoms with Crippen LogP contribution in [0.3, 0.4) is 0 Å². The van der Waals surface area contributed by atoms with E-state index in [1.54, 1.807) is 0 Å². The van der Waals surface area contributed by atoms with Crippen molar-refractivity contribution in [2.24, 2.45) is 5.92 Å². The Morgan fingerprint density at radius 1 is 1.10 bits per heavy atom. The molecule has 0 unspecified atom stereocenters. The molecule has 0 atom stereocenters. The number of rotatable bonds is 11. The van der Waals surface area contributed by atoms with Crippen molar-refractivity contribution in [3.05, 3.63) is 76.7 Å². The van der Waals surface area contributed by atoms with Gasteiger partial charge in [0, 0.05) is 40.4 Å². The molecule has 0 saturated carbocycles. The molecule has 2 aromatic heterocycles. The molecule has 41 heavy (non-hydrogen) atoms. The van der Waals surface area contributed by atoms with Gasteiger partial charge < -0.3 is 15.5 Å². The summed E-state index contributed by atoms with van der Waals surface area (Å²) in [5, 5.41) is 26.6. The quantitative estimate of drug-likeness (QED) is 0.195. The number of anilines is 1. The molecule has 216 valence electrons. The summed E-state index contributed by atoms with van der Waals surface area (Å²) in [4.78, 5) is 25.2. The second-order valence-corrected chi connectivity index (χ2v) is 12.0. The average molecular weight is 603 g/mol. The van der Waals surface area contributed by atoms with Crippen LogP contribution in [0.25, 0.3) is 27.9 Å². The lowest BCUT2D eigenvalue weighted by atomic mass is 10.00. The average Bonchev–Trinajstić information content (AvgIpc) is 3.29. The van der Waals surface area contributed by atoms with Crippen molar-refractivity contribution >= 4 is 44.7 Å². The molecule has 1 amide bonds. The van der Waals surface area contributed by atoms with Crippen LogP contribution < -0.4 is 10.0 Å². The number of pyridine rings is 1. The lowest BCUT2D eigenvalue weighted by Gasteiger charge is -2.16. The van der Waals surface area contributed by atoms with Gasteiger partial charge in [-0.15, -0.1) is 0 Å². The van der Waals surface area contributed by atoms with Gasteiger partial charge in [0.05, 0.1) is 23.2 Å². The molecular formula is C28H28ClFN4O6S. The van der Waals surface area contributed by atoms with Gasteiger partial charge in [0.25, 0.3) is 5.91 Å². The Morgan fingerprint density at radius 3 is 2.44 bits per heavy atom. The Labute approximate surface area is 240 Å². The monoisotopic (exact) mass is 602 g/mol. The summed E-state index contributed by atoms with van der Waals surface area (Å²) in [7, 11) is -3.96. The van der Waals surface area contributed by atoms with Crippen LogP contribution in [0, 0.1) is 11.7 Å². The molecule has 4 rings (SSSR count). The number of aliphatic hydroxyl groups is 1. The van der Waals surface area contributed by atoms with E-state index in [1.165, 1.54) is 59.2 Å². The van der Waals surface area contributed by atoms with Gasteiger partial charge in [0.1, 0.15) is 17.1 Å². The van der Waals surface area contributed by atoms with E-state index in [0.29, 0.717) is 12.1 Å². The topological polar surface area (TPSA) is 150 Å². The lowest BCUT2D eigenvalue weighted by molar-refractivity contribution is 0.0699. The summed E-state index contributed by atoms with van der Waals surface area (Å²) in [6.45, 7) is 3.99. The first-order valence-corrected chi connectivity index (χ1v) is 14.7. The molecule has 0 saturated heterocycles. The number of carboxylic acids is 1. The number of carbonyl (C=O) groups is 2. The molecule has 4 N–H and O–H groups in total. The highest BCUT2D eigenvalue weighted by Crippen LogP contribution is 2.38. The number of aliphatic hydroxyl groups excluding tert-OH is 1. The van der Waals surface area contributed by atoms with Crippen LogP contribution >= 0.6 is 11.6 Å². The normalized spacial score (nSPS) is 11.7. The summed E-state index contributed by atoms with van der Waals surface area (Å²) >= 11 is 6.54. The summed E-state index contributed by atoms with van der Waals surface area (Å²) in [5.41, 5.74) is 1.02. The summed E-state index contributed by atoms with van der Waals surface area (Å²) in [6.07, 6.45) is 1.29. The minimum Gasteiger partial charge on any atom is -0.478 e. The SMILES string of the molecule is CC(C)CNC(=O)c1ccc(Cl)c(-c2cc3c(C(=O)O)c(-c4ccc(F)cc4)nn3cc2NS(=O)(=O)CCCO)c1. The van der Waals surface area contributed by atoms with E-state index in [2.05, 4.69) is 15.1 Å². The fourth-order valence-electron chi connectivity index (χ4n) is 4.16. The number of benzene rings is 2. The van der Waals surface area contributed by atoms with Crippen LogP contribution in [-0.2, 0) is 10.0 Å². The van der Waals surface area contributed by atoms with Crippen LogP contribution in [-0.4, -0.2) is 59.0 Å². The van der Waals surface area contributed by atoms with Crippen molar-refractivity contribution < 1.29 is 32.6 Å². The van der Waals surface area contributed by atoms with Gasteiger partial charge in [-0.05, 0) is 60.9 Å². The molecule has 0 bridgehead atoms. The number of nitrogens with zero attached hydrogens (tertiary/aromatic N) is 2. The van der Waals surface area contributed by atoms with E-state index in [-0.39, 0.29) is 74.8 Å². The standard InChI is InChI=1S/C28H28ClFN4O6S/c1-16(2)14-31-27(36)18-6-9-22(29)20(12-18)21-13-24-25(28(37)38)26(17-4-7-19(30)8-5-17)32-34(24)15-23(21)33-41(39,40)11-3-10-35/h4-9,12-13,15-16,33,35H,3,10-11,14H2,1-2H3,(H,31,36)(H,37,38). The molecule has 0 radical (unpaired) electrons. The Bertz CT molecular complexity index is 1720. The smallest absolute Gasteiger partial charge is 0.340 e. The first-order chi connectivity index (χ1) is 19.4. The summed E-state index contributed by atoms with van der Waals surface area (Å²) in [6, 6.07) is 11.1. The molecule has 0 aliphatic heterocycles. The second kappa shape index (κ2) is 12.2. The molecule has 13 heteroatoms. The maximum absolute atomic E-state index is 13.6. The highest BCUT2D eigenvalue weighted by atomic mass is 35.5. The molecular weight excluding hydrogens is 575 g/mol. The van der Waals surface area contributed by atoms with E-state index in [1.807, 2.05) is 13.8 Å². The zero-order chi connectivity index (χ0) is 29.9. The molecule has 4 aromatic rings. The van der Waals surface area contributed by atoms with E-state index in [0.717, 1.165) is 0 Å². The van der Waals surface area contributed by atoms with Gasteiger partial charge in [-0.2, -0.15) is 5.10 Å². The molecule has 10 nitrogen and oxygen atoms in total. The number of nitrogens with one attached hydrogen (secondary N) is 2. The van der Waals surface area contributed by atoms with E-state index < -0.39 is 21.8 Å². The molecule has 0 fully saturated rings. The Kier molecular flexibility index (Phi) is 8.95.